The minimum Gasteiger partial charge on any atom is -0.462 e. The van der Waals surface area contributed by atoms with Crippen LogP contribution in [0.3, 0.4) is 0 Å². The lowest BCUT2D eigenvalue weighted by Gasteiger charge is -2.51. The third-order valence-electron chi connectivity index (χ3n) is 11.1. The highest BCUT2D eigenvalue weighted by Crippen LogP contribution is 2.63. The van der Waals surface area contributed by atoms with Gasteiger partial charge in [0, 0.05) is 12.5 Å². The number of piperidine rings is 1. The van der Waals surface area contributed by atoms with Crippen molar-refractivity contribution in [3.8, 4) is 0 Å². The van der Waals surface area contributed by atoms with Gasteiger partial charge in [0.1, 0.15) is 11.7 Å². The third-order valence-corrected chi connectivity index (χ3v) is 11.1. The van der Waals surface area contributed by atoms with Gasteiger partial charge in [-0.15, -0.1) is 0 Å². The first-order valence-electron chi connectivity index (χ1n) is 14.8. The van der Waals surface area contributed by atoms with Crippen LogP contribution in [0, 0.1) is 29.1 Å². The average molecular weight is 516 g/mol. The van der Waals surface area contributed by atoms with E-state index >= 15 is 0 Å². The summed E-state index contributed by atoms with van der Waals surface area (Å²) in [5, 5.41) is 12.2. The fraction of sp³-hybridized carbons (Fsp3) is 0.606. The highest BCUT2D eigenvalue weighted by Gasteiger charge is 2.65. The van der Waals surface area contributed by atoms with Crippen LogP contribution in [0.5, 0.6) is 0 Å². The molecule has 5 heteroatoms. The van der Waals surface area contributed by atoms with Crippen LogP contribution >= 0.6 is 0 Å². The number of hydrogen-bond acceptors (Lipinski definition) is 5. The zero-order valence-corrected chi connectivity index (χ0v) is 22.6. The van der Waals surface area contributed by atoms with Crippen molar-refractivity contribution in [2.24, 2.45) is 29.1 Å². The molecular formula is C33H41NO4. The maximum absolute atomic E-state index is 13.2. The number of nitrogens with zero attached hydrogens (tertiary/aromatic N) is 1. The van der Waals surface area contributed by atoms with E-state index in [0.717, 1.165) is 63.1 Å². The first-order chi connectivity index (χ1) is 18.4. The zero-order valence-electron chi connectivity index (χ0n) is 22.6. The van der Waals surface area contributed by atoms with Crippen LogP contribution in [0.15, 0.2) is 60.7 Å². The van der Waals surface area contributed by atoms with E-state index in [1.807, 2.05) is 60.7 Å². The first kappa shape index (κ1) is 24.8. The van der Waals surface area contributed by atoms with Crippen molar-refractivity contribution in [1.29, 1.82) is 0 Å². The second-order valence-corrected chi connectivity index (χ2v) is 13.2. The number of aliphatic hydroxyl groups is 1. The SMILES string of the molecule is C[C@]12CCCC3(CO3)C1C[C@@H]1C(CN3CCC(C(O)(c4ccccc4)c4ccccc4)CC3)C(=O)O[C@@H]1C2. The van der Waals surface area contributed by atoms with Gasteiger partial charge in [-0.1, -0.05) is 67.6 Å². The standard InChI is InChI=1S/C33H41NO4/c1-31-15-8-16-32(22-37-32)29(31)19-26-27(30(35)38-28(26)20-31)21-34-17-13-25(14-18-34)33(36,23-9-4-2-5-10-23)24-11-6-3-7-12-24/h2-7,9-12,25-29,36H,8,13-22H2,1H3/t26-,27?,28-,29?,31-,32?/m1/s1. The Morgan fingerprint density at radius 1 is 1.00 bits per heavy atom. The van der Waals surface area contributed by atoms with E-state index in [1.54, 1.807) is 0 Å². The predicted octanol–water partition coefficient (Wildman–Crippen LogP) is 5.16. The summed E-state index contributed by atoms with van der Waals surface area (Å²) in [6.45, 7) is 5.88. The van der Waals surface area contributed by atoms with Crippen molar-refractivity contribution >= 4 is 5.97 Å². The molecule has 3 aliphatic heterocycles. The van der Waals surface area contributed by atoms with E-state index in [9.17, 15) is 9.90 Å². The molecule has 2 aromatic carbocycles. The van der Waals surface area contributed by atoms with Crippen molar-refractivity contribution in [1.82, 2.24) is 4.90 Å². The Morgan fingerprint density at radius 3 is 2.24 bits per heavy atom. The molecule has 6 atom stereocenters. The van der Waals surface area contributed by atoms with E-state index in [0.29, 0.717) is 11.8 Å². The molecule has 2 saturated carbocycles. The molecule has 1 spiro atoms. The Balaban J connectivity index is 1.05. The van der Waals surface area contributed by atoms with Gasteiger partial charge in [0.2, 0.25) is 0 Å². The number of carbonyl (C=O) groups is 1. The van der Waals surface area contributed by atoms with Gasteiger partial charge in [0.15, 0.2) is 0 Å². The van der Waals surface area contributed by atoms with E-state index in [1.165, 1.54) is 19.3 Å². The van der Waals surface area contributed by atoms with Crippen LogP contribution in [0.2, 0.25) is 0 Å². The average Bonchev–Trinajstić information content (AvgIpc) is 3.65. The first-order valence-corrected chi connectivity index (χ1v) is 14.8. The van der Waals surface area contributed by atoms with Crippen molar-refractivity contribution in [3.05, 3.63) is 71.8 Å². The molecule has 38 heavy (non-hydrogen) atoms. The number of rotatable bonds is 5. The summed E-state index contributed by atoms with van der Waals surface area (Å²) in [5.74, 6) is 0.958. The second kappa shape index (κ2) is 9.18. The van der Waals surface area contributed by atoms with Gasteiger partial charge in [0.25, 0.3) is 0 Å². The minimum absolute atomic E-state index is 0.0141. The summed E-state index contributed by atoms with van der Waals surface area (Å²) in [4.78, 5) is 15.6. The molecule has 5 aliphatic rings. The normalized spacial score (nSPS) is 37.5. The summed E-state index contributed by atoms with van der Waals surface area (Å²) >= 11 is 0. The third kappa shape index (κ3) is 3.96. The van der Waals surface area contributed by atoms with Crippen LogP contribution in [0.25, 0.3) is 0 Å². The van der Waals surface area contributed by atoms with E-state index < -0.39 is 5.60 Å². The van der Waals surface area contributed by atoms with Crippen molar-refractivity contribution in [2.75, 3.05) is 26.2 Å². The summed E-state index contributed by atoms with van der Waals surface area (Å²) in [5.41, 5.74) is 1.23. The van der Waals surface area contributed by atoms with E-state index in [-0.39, 0.29) is 34.9 Å². The van der Waals surface area contributed by atoms with Gasteiger partial charge < -0.3 is 19.5 Å². The molecule has 5 fully saturated rings. The molecule has 202 valence electrons. The number of ether oxygens (including phenoxy) is 2. The zero-order chi connectivity index (χ0) is 26.0. The molecule has 1 N–H and O–H groups in total. The van der Waals surface area contributed by atoms with E-state index in [4.69, 9.17) is 9.47 Å². The number of fused-ring (bicyclic) bond motifs is 3. The Kier molecular flexibility index (Phi) is 5.99. The summed E-state index contributed by atoms with van der Waals surface area (Å²) in [6, 6.07) is 20.3. The largest absolute Gasteiger partial charge is 0.462 e. The van der Waals surface area contributed by atoms with Crippen molar-refractivity contribution in [2.45, 2.75) is 69.2 Å². The Labute approximate surface area is 226 Å². The number of hydrogen-bond donors (Lipinski definition) is 1. The number of benzene rings is 2. The maximum Gasteiger partial charge on any atom is 0.310 e. The topological polar surface area (TPSA) is 62.3 Å². The molecule has 0 aromatic heterocycles. The molecule has 0 radical (unpaired) electrons. The number of likely N-dealkylation sites (tertiary alicyclic amines) is 1. The molecule has 3 heterocycles. The van der Waals surface area contributed by atoms with Crippen molar-refractivity contribution in [3.63, 3.8) is 0 Å². The molecule has 0 amide bonds. The highest BCUT2D eigenvalue weighted by atomic mass is 16.6. The highest BCUT2D eigenvalue weighted by molar-refractivity contribution is 5.75. The molecular weight excluding hydrogens is 474 g/mol. The number of epoxide rings is 1. The van der Waals surface area contributed by atoms with Crippen LogP contribution in [-0.4, -0.2) is 53.9 Å². The Bertz CT molecular complexity index is 1120. The van der Waals surface area contributed by atoms with Gasteiger partial charge in [-0.2, -0.15) is 0 Å². The monoisotopic (exact) mass is 515 g/mol. The van der Waals surface area contributed by atoms with Gasteiger partial charge in [-0.3, -0.25) is 4.79 Å². The van der Waals surface area contributed by atoms with Gasteiger partial charge in [0.05, 0.1) is 18.1 Å². The lowest BCUT2D eigenvalue weighted by molar-refractivity contribution is -0.147. The number of carbonyl (C=O) groups excluding carboxylic acids is 1. The molecule has 2 aliphatic carbocycles. The van der Waals surface area contributed by atoms with Crippen LogP contribution in [-0.2, 0) is 19.9 Å². The Hall–Kier alpha value is -2.21. The maximum atomic E-state index is 13.2. The minimum atomic E-state index is -1.01. The molecule has 3 saturated heterocycles. The fourth-order valence-corrected chi connectivity index (χ4v) is 9.00. The number of esters is 1. The van der Waals surface area contributed by atoms with Crippen LogP contribution in [0.4, 0.5) is 0 Å². The smallest absolute Gasteiger partial charge is 0.310 e. The summed E-state index contributed by atoms with van der Waals surface area (Å²) in [7, 11) is 0. The molecule has 0 bridgehead atoms. The lowest BCUT2D eigenvalue weighted by atomic mass is 9.53. The van der Waals surface area contributed by atoms with Gasteiger partial charge in [-0.05, 0) is 86.4 Å². The molecule has 5 nitrogen and oxygen atoms in total. The molecule has 3 unspecified atom stereocenters. The van der Waals surface area contributed by atoms with Crippen LogP contribution < -0.4 is 0 Å². The quantitative estimate of drug-likeness (QED) is 0.440. The van der Waals surface area contributed by atoms with Crippen molar-refractivity contribution < 1.29 is 19.4 Å². The fourth-order valence-electron chi connectivity index (χ4n) is 9.00. The Morgan fingerprint density at radius 2 is 1.63 bits per heavy atom. The van der Waals surface area contributed by atoms with Crippen LogP contribution in [0.1, 0.15) is 63.0 Å². The van der Waals surface area contributed by atoms with Gasteiger partial charge in [-0.25, -0.2) is 0 Å². The van der Waals surface area contributed by atoms with E-state index in [2.05, 4.69) is 11.8 Å². The second-order valence-electron chi connectivity index (χ2n) is 13.2. The molecule has 2 aromatic rings. The lowest BCUT2D eigenvalue weighted by Crippen LogP contribution is -2.51. The molecule has 7 rings (SSSR count). The summed E-state index contributed by atoms with van der Waals surface area (Å²) < 4.78 is 12.2. The summed E-state index contributed by atoms with van der Waals surface area (Å²) in [6.07, 6.45) is 7.57. The van der Waals surface area contributed by atoms with Gasteiger partial charge >= 0.3 is 5.97 Å². The predicted molar refractivity (Wildman–Crippen MR) is 145 cm³/mol.